The molecule has 0 saturated heterocycles. The van der Waals surface area contributed by atoms with Crippen LogP contribution in [0, 0.1) is 3.57 Å². The van der Waals surface area contributed by atoms with Crippen LogP contribution < -0.4 is 0 Å². The summed E-state index contributed by atoms with van der Waals surface area (Å²) in [6, 6.07) is 6.66. The van der Waals surface area contributed by atoms with Crippen LogP contribution in [0.15, 0.2) is 24.3 Å². The Morgan fingerprint density at radius 1 is 1.53 bits per heavy atom. The smallest absolute Gasteiger partial charge is 0.344 e. The van der Waals surface area contributed by atoms with Gasteiger partial charge in [0, 0.05) is 3.57 Å². The predicted molar refractivity (Wildman–Crippen MR) is 70.3 cm³/mol. The second-order valence-corrected chi connectivity index (χ2v) is 5.01. The number of hydrogen-bond donors (Lipinski definition) is 1. The van der Waals surface area contributed by atoms with Gasteiger partial charge in [-0.25, -0.2) is 9.18 Å². The number of halogens is 2. The molecule has 94 valence electrons. The van der Waals surface area contributed by atoms with E-state index < -0.39 is 17.7 Å². The third-order valence-electron chi connectivity index (χ3n) is 2.42. The molecule has 0 aliphatic rings. The molecule has 1 N–H and O–H groups in total. The molecule has 1 rings (SSSR count). The number of rotatable bonds is 4. The molecule has 2 atom stereocenters. The Labute approximate surface area is 113 Å². The minimum atomic E-state index is -2.09. The van der Waals surface area contributed by atoms with Gasteiger partial charge in [-0.2, -0.15) is 0 Å². The summed E-state index contributed by atoms with van der Waals surface area (Å²) in [5.41, 5.74) is -1.53. The van der Waals surface area contributed by atoms with Gasteiger partial charge in [0.05, 0.1) is 6.61 Å². The molecule has 0 aliphatic carbocycles. The van der Waals surface area contributed by atoms with Gasteiger partial charge in [-0.15, -0.1) is 0 Å². The Morgan fingerprint density at radius 2 is 2.06 bits per heavy atom. The highest BCUT2D eigenvalue weighted by atomic mass is 127. The first-order valence-electron chi connectivity index (χ1n) is 5.18. The molecule has 0 aliphatic heterocycles. The standard InChI is InChI=1S/C12H14FIO3/c1-3-17-11(15)10(13)12(2,16)8-4-6-9(14)7-5-8/h4-7,10,16H,3H2,1-2H3. The molecule has 1 aromatic carbocycles. The molecule has 0 fully saturated rings. The summed E-state index contributed by atoms with van der Waals surface area (Å²) in [5, 5.41) is 10.1. The Bertz CT molecular complexity index is 389. The summed E-state index contributed by atoms with van der Waals surface area (Å²) in [5.74, 6) is -1.05. The van der Waals surface area contributed by atoms with Crippen molar-refractivity contribution in [2.45, 2.75) is 25.6 Å². The topological polar surface area (TPSA) is 46.5 Å². The van der Waals surface area contributed by atoms with Gasteiger partial charge in [-0.05, 0) is 54.1 Å². The van der Waals surface area contributed by atoms with Crippen molar-refractivity contribution in [2.75, 3.05) is 6.61 Å². The van der Waals surface area contributed by atoms with E-state index in [0.717, 1.165) is 3.57 Å². The summed E-state index contributed by atoms with van der Waals surface area (Å²) in [6.07, 6.45) is -2.09. The quantitative estimate of drug-likeness (QED) is 0.669. The van der Waals surface area contributed by atoms with Crippen LogP contribution in [0.25, 0.3) is 0 Å². The van der Waals surface area contributed by atoms with Crippen LogP contribution in [-0.4, -0.2) is 23.9 Å². The van der Waals surface area contributed by atoms with Crippen LogP contribution in [0.4, 0.5) is 4.39 Å². The molecule has 0 spiro atoms. The van der Waals surface area contributed by atoms with Gasteiger partial charge in [0.1, 0.15) is 5.60 Å². The van der Waals surface area contributed by atoms with E-state index in [2.05, 4.69) is 27.3 Å². The second-order valence-electron chi connectivity index (χ2n) is 3.77. The van der Waals surface area contributed by atoms with Crippen molar-refractivity contribution in [3.05, 3.63) is 33.4 Å². The molecule has 17 heavy (non-hydrogen) atoms. The maximum Gasteiger partial charge on any atom is 0.344 e. The van der Waals surface area contributed by atoms with Crippen LogP contribution in [0.2, 0.25) is 0 Å². The Kier molecular flexibility index (Phi) is 4.88. The molecular formula is C12H14FIO3. The van der Waals surface area contributed by atoms with E-state index in [1.165, 1.54) is 6.92 Å². The average molecular weight is 352 g/mol. The SMILES string of the molecule is CCOC(=O)C(F)C(C)(O)c1ccc(I)cc1. The Morgan fingerprint density at radius 3 is 2.53 bits per heavy atom. The highest BCUT2D eigenvalue weighted by Crippen LogP contribution is 2.28. The summed E-state index contributed by atoms with van der Waals surface area (Å²) in [4.78, 5) is 11.3. The molecular weight excluding hydrogens is 338 g/mol. The Hall–Kier alpha value is -0.690. The molecule has 0 heterocycles. The lowest BCUT2D eigenvalue weighted by atomic mass is 9.91. The first kappa shape index (κ1) is 14.4. The fraction of sp³-hybridized carbons (Fsp3) is 0.417. The third kappa shape index (κ3) is 3.38. The molecule has 2 unspecified atom stereocenters. The van der Waals surface area contributed by atoms with Gasteiger partial charge in [0.2, 0.25) is 6.17 Å². The van der Waals surface area contributed by atoms with Gasteiger partial charge in [0.25, 0.3) is 0 Å². The molecule has 0 amide bonds. The predicted octanol–water partition coefficient (Wildman–Crippen LogP) is 2.40. The van der Waals surface area contributed by atoms with Gasteiger partial charge >= 0.3 is 5.97 Å². The highest BCUT2D eigenvalue weighted by Gasteiger charge is 2.40. The van der Waals surface area contributed by atoms with Gasteiger partial charge in [-0.1, -0.05) is 12.1 Å². The molecule has 1 aromatic rings. The van der Waals surface area contributed by atoms with Crippen LogP contribution in [0.5, 0.6) is 0 Å². The van der Waals surface area contributed by atoms with E-state index in [1.54, 1.807) is 31.2 Å². The van der Waals surface area contributed by atoms with E-state index in [0.29, 0.717) is 5.56 Å². The van der Waals surface area contributed by atoms with Gasteiger partial charge in [0.15, 0.2) is 0 Å². The second kappa shape index (κ2) is 5.77. The zero-order valence-corrected chi connectivity index (χ0v) is 11.8. The largest absolute Gasteiger partial charge is 0.464 e. The molecule has 5 heteroatoms. The van der Waals surface area contributed by atoms with Crippen LogP contribution in [-0.2, 0) is 15.1 Å². The summed E-state index contributed by atoms with van der Waals surface area (Å²) < 4.78 is 19.3. The summed E-state index contributed by atoms with van der Waals surface area (Å²) >= 11 is 2.10. The van der Waals surface area contributed by atoms with Crippen LogP contribution in [0.1, 0.15) is 19.4 Å². The first-order valence-corrected chi connectivity index (χ1v) is 6.26. The lowest BCUT2D eigenvalue weighted by Gasteiger charge is -2.26. The number of aliphatic hydroxyl groups is 1. The van der Waals surface area contributed by atoms with Crippen molar-refractivity contribution in [1.29, 1.82) is 0 Å². The number of ether oxygens (including phenoxy) is 1. The zero-order chi connectivity index (χ0) is 13.1. The Balaban J connectivity index is 2.93. The van der Waals surface area contributed by atoms with Gasteiger partial charge in [-0.3, -0.25) is 0 Å². The lowest BCUT2D eigenvalue weighted by molar-refractivity contribution is -0.160. The summed E-state index contributed by atoms with van der Waals surface area (Å²) in [7, 11) is 0. The van der Waals surface area contributed by atoms with E-state index in [1.807, 2.05) is 0 Å². The first-order chi connectivity index (χ1) is 7.89. The molecule has 0 bridgehead atoms. The minimum absolute atomic E-state index is 0.0853. The fourth-order valence-corrected chi connectivity index (χ4v) is 1.74. The lowest BCUT2D eigenvalue weighted by Crippen LogP contribution is -2.40. The van der Waals surface area contributed by atoms with Crippen molar-refractivity contribution in [3.8, 4) is 0 Å². The highest BCUT2D eigenvalue weighted by molar-refractivity contribution is 14.1. The molecule has 0 saturated carbocycles. The van der Waals surface area contributed by atoms with Crippen molar-refractivity contribution in [1.82, 2.24) is 0 Å². The number of esters is 1. The van der Waals surface area contributed by atoms with Crippen molar-refractivity contribution in [3.63, 3.8) is 0 Å². The third-order valence-corrected chi connectivity index (χ3v) is 3.13. The maximum absolute atomic E-state index is 13.8. The van der Waals surface area contributed by atoms with Crippen LogP contribution >= 0.6 is 22.6 Å². The normalized spacial score (nSPS) is 16.1. The summed E-state index contributed by atoms with van der Waals surface area (Å²) in [6.45, 7) is 2.93. The van der Waals surface area contributed by atoms with Crippen molar-refractivity contribution in [2.24, 2.45) is 0 Å². The average Bonchev–Trinajstić information content (AvgIpc) is 2.29. The van der Waals surface area contributed by atoms with E-state index >= 15 is 0 Å². The number of alkyl halides is 1. The molecule has 3 nitrogen and oxygen atoms in total. The van der Waals surface area contributed by atoms with E-state index in [4.69, 9.17) is 0 Å². The van der Waals surface area contributed by atoms with Crippen molar-refractivity contribution >= 4 is 28.6 Å². The molecule has 0 aromatic heterocycles. The monoisotopic (exact) mass is 352 g/mol. The number of carbonyl (C=O) groups excluding carboxylic acids is 1. The van der Waals surface area contributed by atoms with E-state index in [-0.39, 0.29) is 6.61 Å². The molecule has 0 radical (unpaired) electrons. The maximum atomic E-state index is 13.8. The number of benzene rings is 1. The zero-order valence-electron chi connectivity index (χ0n) is 9.61. The number of hydrogen-bond acceptors (Lipinski definition) is 3. The van der Waals surface area contributed by atoms with E-state index in [9.17, 15) is 14.3 Å². The van der Waals surface area contributed by atoms with Crippen LogP contribution in [0.3, 0.4) is 0 Å². The fourth-order valence-electron chi connectivity index (χ4n) is 1.38. The minimum Gasteiger partial charge on any atom is -0.464 e. The van der Waals surface area contributed by atoms with Gasteiger partial charge < -0.3 is 9.84 Å². The van der Waals surface area contributed by atoms with Crippen molar-refractivity contribution < 1.29 is 19.0 Å². The number of carbonyl (C=O) groups is 1.